The third-order valence-electron chi connectivity index (χ3n) is 3.82. The minimum absolute atomic E-state index is 0.0513. The summed E-state index contributed by atoms with van der Waals surface area (Å²) >= 11 is 0. The molecule has 26 heavy (non-hydrogen) atoms. The largest absolute Gasteiger partial charge is 0.416 e. The normalized spacial score (nSPS) is 17.9. The van der Waals surface area contributed by atoms with E-state index in [2.05, 4.69) is 0 Å². The lowest BCUT2D eigenvalue weighted by Gasteiger charge is -2.32. The highest BCUT2D eigenvalue weighted by Crippen LogP contribution is 2.37. The molecule has 0 N–H and O–H groups in total. The van der Waals surface area contributed by atoms with Gasteiger partial charge in [0, 0.05) is 26.2 Å². The number of piperazine rings is 1. The van der Waals surface area contributed by atoms with E-state index in [-0.39, 0.29) is 50.9 Å². The van der Waals surface area contributed by atoms with E-state index in [0.717, 1.165) is 4.31 Å². The second-order valence-electron chi connectivity index (χ2n) is 5.58. The van der Waals surface area contributed by atoms with E-state index in [0.29, 0.717) is 0 Å². The van der Waals surface area contributed by atoms with Crippen LogP contribution in [0.25, 0.3) is 0 Å². The smallest absolute Gasteiger partial charge is 0.288 e. The van der Waals surface area contributed by atoms with Gasteiger partial charge in [0.2, 0.25) is 10.0 Å². The quantitative estimate of drug-likeness (QED) is 0.577. The van der Waals surface area contributed by atoms with Crippen molar-refractivity contribution in [3.63, 3.8) is 0 Å². The first-order valence-electron chi connectivity index (χ1n) is 7.24. The van der Waals surface area contributed by atoms with Crippen LogP contribution in [0.3, 0.4) is 0 Å². The van der Waals surface area contributed by atoms with Gasteiger partial charge in [-0.15, -0.1) is 0 Å². The summed E-state index contributed by atoms with van der Waals surface area (Å²) in [6.07, 6.45) is -10.3. The van der Waals surface area contributed by atoms with E-state index in [1.807, 2.05) is 6.07 Å². The van der Waals surface area contributed by atoms with Gasteiger partial charge in [0.15, 0.2) is 0 Å². The Hall–Kier alpha value is -1.84. The zero-order chi connectivity index (χ0) is 19.8. The van der Waals surface area contributed by atoms with Crippen LogP contribution in [0, 0.1) is 11.3 Å². The van der Waals surface area contributed by atoms with Gasteiger partial charge in [-0.3, -0.25) is 4.90 Å². The first-order valence-corrected chi connectivity index (χ1v) is 8.68. The summed E-state index contributed by atoms with van der Waals surface area (Å²) in [5, 5.41) is 8.60. The fraction of sp³-hybridized carbons (Fsp3) is 0.500. The van der Waals surface area contributed by atoms with Crippen molar-refractivity contribution in [2.24, 2.45) is 0 Å². The summed E-state index contributed by atoms with van der Waals surface area (Å²) < 4.78 is 103. The van der Waals surface area contributed by atoms with Crippen molar-refractivity contribution in [2.75, 3.05) is 32.7 Å². The summed E-state index contributed by atoms with van der Waals surface area (Å²) in [7, 11) is -4.54. The summed E-state index contributed by atoms with van der Waals surface area (Å²) in [6, 6.07) is 2.16. The summed E-state index contributed by atoms with van der Waals surface area (Å²) in [5.41, 5.74) is -3.37. The molecule has 2 rings (SSSR count). The van der Waals surface area contributed by atoms with Gasteiger partial charge in [-0.2, -0.15) is 35.9 Å². The number of rotatable bonds is 3. The molecule has 0 spiro atoms. The van der Waals surface area contributed by atoms with Crippen molar-refractivity contribution >= 4 is 10.0 Å². The van der Waals surface area contributed by atoms with E-state index in [1.54, 1.807) is 4.90 Å². The van der Waals surface area contributed by atoms with E-state index in [1.165, 1.54) is 0 Å². The van der Waals surface area contributed by atoms with Gasteiger partial charge < -0.3 is 0 Å². The van der Waals surface area contributed by atoms with Gasteiger partial charge >= 0.3 is 12.4 Å². The first kappa shape index (κ1) is 20.5. The maximum absolute atomic E-state index is 12.9. The number of halogens is 6. The Morgan fingerprint density at radius 3 is 1.77 bits per heavy atom. The SMILES string of the molecule is N#CCN1CCN(S(=O)(=O)c2cc(C(F)(F)F)cc(C(F)(F)F)c2)CC1. The minimum atomic E-state index is -5.13. The van der Waals surface area contributed by atoms with Gasteiger partial charge in [0.1, 0.15) is 0 Å². The molecule has 0 bridgehead atoms. The van der Waals surface area contributed by atoms with Crippen LogP contribution in [0.4, 0.5) is 26.3 Å². The number of nitriles is 1. The van der Waals surface area contributed by atoms with E-state index in [4.69, 9.17) is 5.26 Å². The summed E-state index contributed by atoms with van der Waals surface area (Å²) in [5.74, 6) is 0. The Balaban J connectivity index is 2.42. The second-order valence-corrected chi connectivity index (χ2v) is 7.52. The highest BCUT2D eigenvalue weighted by Gasteiger charge is 2.39. The zero-order valence-electron chi connectivity index (χ0n) is 13.1. The minimum Gasteiger partial charge on any atom is -0.288 e. The molecule has 0 amide bonds. The highest BCUT2D eigenvalue weighted by molar-refractivity contribution is 7.89. The molecule has 0 atom stereocenters. The molecule has 1 aliphatic rings. The molecule has 144 valence electrons. The van der Waals surface area contributed by atoms with E-state index in [9.17, 15) is 34.8 Å². The Labute approximate surface area is 145 Å². The van der Waals surface area contributed by atoms with Gasteiger partial charge in [0.05, 0.1) is 28.6 Å². The molecular weight excluding hydrogens is 388 g/mol. The van der Waals surface area contributed by atoms with Crippen LogP contribution in [0.5, 0.6) is 0 Å². The van der Waals surface area contributed by atoms with Crippen molar-refractivity contribution in [2.45, 2.75) is 17.2 Å². The molecule has 1 aliphatic heterocycles. The van der Waals surface area contributed by atoms with Crippen LogP contribution in [-0.2, 0) is 22.4 Å². The van der Waals surface area contributed by atoms with Crippen molar-refractivity contribution in [1.82, 2.24) is 9.21 Å². The molecule has 0 radical (unpaired) electrons. The van der Waals surface area contributed by atoms with Crippen LogP contribution in [0.15, 0.2) is 23.1 Å². The monoisotopic (exact) mass is 401 g/mol. The van der Waals surface area contributed by atoms with E-state index >= 15 is 0 Å². The molecular formula is C14H13F6N3O2S. The zero-order valence-corrected chi connectivity index (χ0v) is 13.9. The highest BCUT2D eigenvalue weighted by atomic mass is 32.2. The average molecular weight is 401 g/mol. The Bertz CT molecular complexity index is 773. The van der Waals surface area contributed by atoms with Crippen LogP contribution in [0.2, 0.25) is 0 Å². The number of nitrogens with zero attached hydrogens (tertiary/aromatic N) is 3. The molecule has 0 aliphatic carbocycles. The number of hydrogen-bond donors (Lipinski definition) is 0. The maximum Gasteiger partial charge on any atom is 0.416 e. The van der Waals surface area contributed by atoms with Gasteiger partial charge in [-0.05, 0) is 18.2 Å². The molecule has 0 saturated carbocycles. The van der Waals surface area contributed by atoms with Crippen molar-refractivity contribution in [3.05, 3.63) is 29.3 Å². The average Bonchev–Trinajstić information content (AvgIpc) is 2.53. The Kier molecular flexibility index (Phi) is 5.55. The summed E-state index contributed by atoms with van der Waals surface area (Å²) in [6.45, 7) is 0.0780. The van der Waals surface area contributed by atoms with Crippen molar-refractivity contribution in [1.29, 1.82) is 5.26 Å². The van der Waals surface area contributed by atoms with Gasteiger partial charge in [0.25, 0.3) is 0 Å². The van der Waals surface area contributed by atoms with Gasteiger partial charge in [-0.25, -0.2) is 8.42 Å². The molecule has 1 heterocycles. The Morgan fingerprint density at radius 2 is 1.38 bits per heavy atom. The lowest BCUT2D eigenvalue weighted by molar-refractivity contribution is -0.143. The fourth-order valence-electron chi connectivity index (χ4n) is 2.45. The Morgan fingerprint density at radius 1 is 0.923 bits per heavy atom. The molecule has 0 aromatic heterocycles. The molecule has 0 unspecified atom stereocenters. The first-order chi connectivity index (χ1) is 11.9. The molecule has 1 aromatic rings. The number of benzene rings is 1. The third kappa shape index (κ3) is 4.46. The standard InChI is InChI=1S/C14H13F6N3O2S/c15-13(16,17)10-7-11(14(18,19)20)9-12(8-10)26(24,25)23-5-3-22(2-1-21)4-6-23/h7-9H,2-6H2. The fourth-order valence-corrected chi connectivity index (χ4v) is 3.95. The lowest BCUT2D eigenvalue weighted by atomic mass is 10.1. The number of hydrogen-bond acceptors (Lipinski definition) is 4. The third-order valence-corrected chi connectivity index (χ3v) is 5.70. The predicted molar refractivity (Wildman–Crippen MR) is 77.3 cm³/mol. The predicted octanol–water partition coefficient (Wildman–Crippen LogP) is 2.55. The maximum atomic E-state index is 12.9. The molecule has 5 nitrogen and oxygen atoms in total. The molecule has 12 heteroatoms. The van der Waals surface area contributed by atoms with Crippen molar-refractivity contribution < 1.29 is 34.8 Å². The second kappa shape index (κ2) is 7.05. The topological polar surface area (TPSA) is 64.4 Å². The van der Waals surface area contributed by atoms with Crippen LogP contribution in [0.1, 0.15) is 11.1 Å². The van der Waals surface area contributed by atoms with Crippen LogP contribution < -0.4 is 0 Å². The van der Waals surface area contributed by atoms with E-state index < -0.39 is 38.4 Å². The molecule has 1 saturated heterocycles. The van der Waals surface area contributed by atoms with Crippen LogP contribution in [-0.4, -0.2) is 50.3 Å². The van der Waals surface area contributed by atoms with Crippen molar-refractivity contribution in [3.8, 4) is 6.07 Å². The molecule has 1 fully saturated rings. The lowest BCUT2D eigenvalue weighted by Crippen LogP contribution is -2.48. The summed E-state index contributed by atoms with van der Waals surface area (Å²) in [4.78, 5) is 0.563. The van der Waals surface area contributed by atoms with Crippen LogP contribution >= 0.6 is 0 Å². The van der Waals surface area contributed by atoms with Gasteiger partial charge in [-0.1, -0.05) is 0 Å². The number of sulfonamides is 1. The number of alkyl halides is 6. The molecule has 1 aromatic carbocycles.